The number of carbonyl (C=O) groups is 2. The SMILES string of the molecule is CSCCC(C)N1C(=O)C(C(C)(C)C)NC(=O)C1C(C)C. The maximum absolute atomic E-state index is 12.9. The molecule has 1 heterocycles. The van der Waals surface area contributed by atoms with Gasteiger partial charge in [-0.1, -0.05) is 34.6 Å². The van der Waals surface area contributed by atoms with Gasteiger partial charge in [0.1, 0.15) is 12.1 Å². The van der Waals surface area contributed by atoms with Crippen molar-refractivity contribution in [3.63, 3.8) is 0 Å². The molecule has 1 N–H and O–H groups in total. The van der Waals surface area contributed by atoms with Gasteiger partial charge < -0.3 is 10.2 Å². The number of nitrogens with zero attached hydrogens (tertiary/aromatic N) is 1. The van der Waals surface area contributed by atoms with Crippen LogP contribution in [0.5, 0.6) is 0 Å². The summed E-state index contributed by atoms with van der Waals surface area (Å²) < 4.78 is 0. The van der Waals surface area contributed by atoms with E-state index in [4.69, 9.17) is 0 Å². The number of carbonyl (C=O) groups excluding carboxylic acids is 2. The molecular weight excluding hydrogens is 284 g/mol. The summed E-state index contributed by atoms with van der Waals surface area (Å²) in [6.07, 6.45) is 2.98. The van der Waals surface area contributed by atoms with Crippen LogP contribution in [0.3, 0.4) is 0 Å². The predicted octanol–water partition coefficient (Wildman–Crippen LogP) is 2.53. The molecule has 1 aliphatic heterocycles. The third-order valence-electron chi connectivity index (χ3n) is 4.07. The molecule has 0 aliphatic carbocycles. The van der Waals surface area contributed by atoms with Gasteiger partial charge in [0.05, 0.1) is 0 Å². The number of piperazine rings is 1. The first kappa shape index (κ1) is 18.3. The molecule has 5 heteroatoms. The predicted molar refractivity (Wildman–Crippen MR) is 89.3 cm³/mol. The van der Waals surface area contributed by atoms with Gasteiger partial charge in [0, 0.05) is 6.04 Å². The van der Waals surface area contributed by atoms with Gasteiger partial charge in [-0.25, -0.2) is 0 Å². The molecule has 0 aromatic rings. The van der Waals surface area contributed by atoms with Gasteiger partial charge in [0.25, 0.3) is 0 Å². The monoisotopic (exact) mass is 314 g/mol. The minimum absolute atomic E-state index is 0.0134. The summed E-state index contributed by atoms with van der Waals surface area (Å²) >= 11 is 1.77. The molecule has 0 radical (unpaired) electrons. The number of rotatable bonds is 5. The van der Waals surface area contributed by atoms with E-state index >= 15 is 0 Å². The molecule has 2 amide bonds. The van der Waals surface area contributed by atoms with Crippen LogP contribution in [0.25, 0.3) is 0 Å². The number of hydrogen-bond acceptors (Lipinski definition) is 3. The Kier molecular flexibility index (Phi) is 6.14. The van der Waals surface area contributed by atoms with Crippen molar-refractivity contribution in [3.05, 3.63) is 0 Å². The van der Waals surface area contributed by atoms with Crippen LogP contribution in [0.4, 0.5) is 0 Å². The highest BCUT2D eigenvalue weighted by molar-refractivity contribution is 7.98. The summed E-state index contributed by atoms with van der Waals surface area (Å²) in [5.41, 5.74) is -0.272. The van der Waals surface area contributed by atoms with E-state index in [1.54, 1.807) is 11.8 Å². The summed E-state index contributed by atoms with van der Waals surface area (Å²) in [5, 5.41) is 2.94. The zero-order valence-electron chi connectivity index (χ0n) is 14.4. The first-order valence-corrected chi connectivity index (χ1v) is 9.12. The van der Waals surface area contributed by atoms with Crippen molar-refractivity contribution in [1.29, 1.82) is 0 Å². The van der Waals surface area contributed by atoms with E-state index in [1.807, 2.05) is 39.5 Å². The average molecular weight is 314 g/mol. The minimum atomic E-state index is -0.434. The van der Waals surface area contributed by atoms with E-state index in [9.17, 15) is 9.59 Å². The lowest BCUT2D eigenvalue weighted by Gasteiger charge is -2.47. The zero-order valence-corrected chi connectivity index (χ0v) is 15.2. The summed E-state index contributed by atoms with van der Waals surface area (Å²) in [7, 11) is 0. The van der Waals surface area contributed by atoms with E-state index in [1.165, 1.54) is 0 Å². The second kappa shape index (κ2) is 7.03. The quantitative estimate of drug-likeness (QED) is 0.848. The molecule has 0 bridgehead atoms. The van der Waals surface area contributed by atoms with E-state index in [-0.39, 0.29) is 35.2 Å². The lowest BCUT2D eigenvalue weighted by molar-refractivity contribution is -0.157. The maximum atomic E-state index is 12.9. The summed E-state index contributed by atoms with van der Waals surface area (Å²) in [6, 6.07) is -0.696. The van der Waals surface area contributed by atoms with Gasteiger partial charge in [-0.05, 0) is 36.7 Å². The lowest BCUT2D eigenvalue weighted by Crippen LogP contribution is -2.69. The highest BCUT2D eigenvalue weighted by atomic mass is 32.2. The van der Waals surface area contributed by atoms with Crippen molar-refractivity contribution in [2.75, 3.05) is 12.0 Å². The average Bonchev–Trinajstić information content (AvgIpc) is 2.35. The van der Waals surface area contributed by atoms with Crippen LogP contribution in [0.2, 0.25) is 0 Å². The normalized spacial score (nSPS) is 25.2. The first-order chi connectivity index (χ1) is 9.61. The van der Waals surface area contributed by atoms with Gasteiger partial charge in [-0.3, -0.25) is 9.59 Å². The summed E-state index contributed by atoms with van der Waals surface area (Å²) in [4.78, 5) is 27.3. The molecule has 122 valence electrons. The Labute approximate surface area is 133 Å². The van der Waals surface area contributed by atoms with Crippen molar-refractivity contribution in [3.8, 4) is 0 Å². The molecule has 0 spiro atoms. The van der Waals surface area contributed by atoms with Crippen LogP contribution in [0.15, 0.2) is 0 Å². The van der Waals surface area contributed by atoms with Gasteiger partial charge >= 0.3 is 0 Å². The molecule has 0 aromatic carbocycles. The second-order valence-electron chi connectivity index (χ2n) is 7.37. The third-order valence-corrected chi connectivity index (χ3v) is 4.71. The topological polar surface area (TPSA) is 49.4 Å². The van der Waals surface area contributed by atoms with E-state index < -0.39 is 6.04 Å². The highest BCUT2D eigenvalue weighted by Gasteiger charge is 2.47. The Bertz CT molecular complexity index is 390. The molecule has 1 saturated heterocycles. The van der Waals surface area contributed by atoms with E-state index in [2.05, 4.69) is 18.5 Å². The van der Waals surface area contributed by atoms with Gasteiger partial charge in [0.2, 0.25) is 11.8 Å². The van der Waals surface area contributed by atoms with Crippen molar-refractivity contribution in [2.24, 2.45) is 11.3 Å². The molecule has 1 aliphatic rings. The molecule has 1 fully saturated rings. The number of amides is 2. The Morgan fingerprint density at radius 3 is 2.24 bits per heavy atom. The van der Waals surface area contributed by atoms with Crippen LogP contribution in [0, 0.1) is 11.3 Å². The molecule has 4 nitrogen and oxygen atoms in total. The number of thioether (sulfide) groups is 1. The Morgan fingerprint density at radius 1 is 1.24 bits per heavy atom. The van der Waals surface area contributed by atoms with Crippen LogP contribution in [-0.4, -0.2) is 46.8 Å². The van der Waals surface area contributed by atoms with Crippen molar-refractivity contribution >= 4 is 23.6 Å². The molecule has 1 rings (SSSR count). The Balaban J connectivity index is 3.09. The molecule has 0 aromatic heterocycles. The van der Waals surface area contributed by atoms with Crippen LogP contribution in [0.1, 0.15) is 48.0 Å². The first-order valence-electron chi connectivity index (χ1n) is 7.72. The third kappa shape index (κ3) is 4.15. The Morgan fingerprint density at radius 2 is 1.81 bits per heavy atom. The molecule has 0 saturated carbocycles. The minimum Gasteiger partial charge on any atom is -0.342 e. The fourth-order valence-corrected chi connectivity index (χ4v) is 3.41. The van der Waals surface area contributed by atoms with Gasteiger partial charge in [0.15, 0.2) is 0 Å². The molecule has 3 unspecified atom stereocenters. The zero-order chi connectivity index (χ0) is 16.4. The summed E-state index contributed by atoms with van der Waals surface area (Å²) in [6.45, 7) is 12.1. The Hall–Kier alpha value is -0.710. The standard InChI is InChI=1S/C16H30N2O2S/c1-10(2)12-14(19)17-13(16(4,5)6)15(20)18(12)11(3)8-9-21-7/h10-13H,8-9H2,1-7H3,(H,17,19). The smallest absolute Gasteiger partial charge is 0.246 e. The van der Waals surface area contributed by atoms with Crippen molar-refractivity contribution in [1.82, 2.24) is 10.2 Å². The van der Waals surface area contributed by atoms with E-state index in [0.29, 0.717) is 0 Å². The van der Waals surface area contributed by atoms with Crippen LogP contribution < -0.4 is 5.32 Å². The molecule has 21 heavy (non-hydrogen) atoms. The van der Waals surface area contributed by atoms with Crippen LogP contribution >= 0.6 is 11.8 Å². The van der Waals surface area contributed by atoms with Gasteiger partial charge in [-0.15, -0.1) is 0 Å². The maximum Gasteiger partial charge on any atom is 0.246 e. The van der Waals surface area contributed by atoms with Crippen molar-refractivity contribution < 1.29 is 9.59 Å². The molecule has 3 atom stereocenters. The second-order valence-corrected chi connectivity index (χ2v) is 8.36. The fourth-order valence-electron chi connectivity index (χ4n) is 2.83. The van der Waals surface area contributed by atoms with Gasteiger partial charge in [-0.2, -0.15) is 11.8 Å². The molecular formula is C16H30N2O2S. The van der Waals surface area contributed by atoms with Crippen LogP contribution in [-0.2, 0) is 9.59 Å². The number of hydrogen-bond donors (Lipinski definition) is 1. The van der Waals surface area contributed by atoms with E-state index in [0.717, 1.165) is 12.2 Å². The van der Waals surface area contributed by atoms with Crippen molar-refractivity contribution in [2.45, 2.75) is 66.1 Å². The fraction of sp³-hybridized carbons (Fsp3) is 0.875. The lowest BCUT2D eigenvalue weighted by atomic mass is 9.82. The summed E-state index contributed by atoms with van der Waals surface area (Å²) in [5.74, 6) is 1.17. The highest BCUT2D eigenvalue weighted by Crippen LogP contribution is 2.29. The largest absolute Gasteiger partial charge is 0.342 e. The number of nitrogens with one attached hydrogen (secondary N) is 1.